The molecule has 1 aromatic carbocycles. The first-order valence-corrected chi connectivity index (χ1v) is 6.29. The van der Waals surface area contributed by atoms with Crippen LogP contribution in [-0.4, -0.2) is 13.4 Å². The Kier molecular flexibility index (Phi) is 3.52. The fourth-order valence-electron chi connectivity index (χ4n) is 0.912. The van der Waals surface area contributed by atoms with Crippen LogP contribution in [0.15, 0.2) is 29.2 Å². The topological polar surface area (TPSA) is 69.4 Å². The average Bonchev–Trinajstić information content (AvgIpc) is 2.01. The molecule has 0 aliphatic heterocycles. The molecule has 0 amide bonds. The molecule has 0 aliphatic rings. The summed E-state index contributed by atoms with van der Waals surface area (Å²) in [7, 11) is -3.66. The summed E-state index contributed by atoms with van der Waals surface area (Å²) in [6.45, 7) is 1.78. The Balaban J connectivity index is 3.02. The van der Waals surface area contributed by atoms with E-state index in [2.05, 4.69) is 15.9 Å². The highest BCUT2D eigenvalue weighted by molar-refractivity contribution is 9.09. The standard InChI is InChI=1S/C8H10BrNO3S/c1-6(9)13-7-3-2-4-8(5-7)14(10,11)12/h2-6H,1H3,(H2,10,11,12). The van der Waals surface area contributed by atoms with E-state index in [-0.39, 0.29) is 9.91 Å². The largest absolute Gasteiger partial charge is 0.480 e. The molecule has 78 valence electrons. The number of hydrogen-bond acceptors (Lipinski definition) is 3. The number of benzene rings is 1. The molecule has 6 heteroatoms. The first-order chi connectivity index (χ1) is 6.39. The summed E-state index contributed by atoms with van der Waals surface area (Å²) in [5.41, 5.74) is 0. The van der Waals surface area contributed by atoms with Crippen molar-refractivity contribution in [3.05, 3.63) is 24.3 Å². The number of nitrogens with two attached hydrogens (primary N) is 1. The van der Waals surface area contributed by atoms with Crippen LogP contribution in [0.1, 0.15) is 6.92 Å². The van der Waals surface area contributed by atoms with Crippen LogP contribution in [0.2, 0.25) is 0 Å². The van der Waals surface area contributed by atoms with Crippen LogP contribution in [-0.2, 0) is 10.0 Å². The van der Waals surface area contributed by atoms with Crippen LogP contribution >= 0.6 is 15.9 Å². The molecule has 1 aromatic rings. The molecule has 0 heterocycles. The predicted octanol–water partition coefficient (Wildman–Crippen LogP) is 1.45. The smallest absolute Gasteiger partial charge is 0.238 e. The molecule has 0 saturated heterocycles. The van der Waals surface area contributed by atoms with Crippen molar-refractivity contribution in [1.29, 1.82) is 0 Å². The van der Waals surface area contributed by atoms with Gasteiger partial charge >= 0.3 is 0 Å². The summed E-state index contributed by atoms with van der Waals surface area (Å²) < 4.78 is 27.2. The highest BCUT2D eigenvalue weighted by Crippen LogP contribution is 2.18. The van der Waals surface area contributed by atoms with Gasteiger partial charge in [0.15, 0.2) is 5.01 Å². The van der Waals surface area contributed by atoms with Crippen LogP contribution in [0, 0.1) is 0 Å². The molecule has 0 aromatic heterocycles. The van der Waals surface area contributed by atoms with Crippen LogP contribution in [0.25, 0.3) is 0 Å². The third-order valence-corrected chi connectivity index (χ3v) is 2.53. The van der Waals surface area contributed by atoms with Gasteiger partial charge in [-0.3, -0.25) is 0 Å². The normalized spacial score (nSPS) is 13.6. The van der Waals surface area contributed by atoms with E-state index in [0.29, 0.717) is 5.75 Å². The Morgan fingerprint density at radius 3 is 2.64 bits per heavy atom. The first kappa shape index (κ1) is 11.5. The molecule has 2 N–H and O–H groups in total. The number of rotatable bonds is 3. The van der Waals surface area contributed by atoms with Crippen molar-refractivity contribution >= 4 is 26.0 Å². The van der Waals surface area contributed by atoms with Gasteiger partial charge < -0.3 is 4.74 Å². The molecule has 14 heavy (non-hydrogen) atoms. The molecule has 0 spiro atoms. The van der Waals surface area contributed by atoms with Crippen molar-refractivity contribution < 1.29 is 13.2 Å². The maximum Gasteiger partial charge on any atom is 0.238 e. The van der Waals surface area contributed by atoms with Gasteiger partial charge in [-0.25, -0.2) is 13.6 Å². The lowest BCUT2D eigenvalue weighted by Crippen LogP contribution is -2.12. The van der Waals surface area contributed by atoms with Gasteiger partial charge in [-0.05, 0) is 35.0 Å². The van der Waals surface area contributed by atoms with Gasteiger partial charge in [0.2, 0.25) is 10.0 Å². The Labute approximate surface area is 91.2 Å². The summed E-state index contributed by atoms with van der Waals surface area (Å²) in [6.07, 6.45) is 0. The zero-order valence-corrected chi connectivity index (χ0v) is 9.88. The van der Waals surface area contributed by atoms with Gasteiger partial charge in [-0.2, -0.15) is 0 Å². The third-order valence-electron chi connectivity index (χ3n) is 1.43. The average molecular weight is 280 g/mol. The van der Waals surface area contributed by atoms with Crippen molar-refractivity contribution in [2.75, 3.05) is 0 Å². The Morgan fingerprint density at radius 2 is 2.14 bits per heavy atom. The quantitative estimate of drug-likeness (QED) is 0.852. The van der Waals surface area contributed by atoms with E-state index < -0.39 is 10.0 Å². The molecular weight excluding hydrogens is 270 g/mol. The van der Waals surface area contributed by atoms with E-state index in [9.17, 15) is 8.42 Å². The van der Waals surface area contributed by atoms with E-state index >= 15 is 0 Å². The van der Waals surface area contributed by atoms with Gasteiger partial charge in [-0.1, -0.05) is 6.07 Å². The second-order valence-corrected chi connectivity index (χ2v) is 5.53. The second-order valence-electron chi connectivity index (χ2n) is 2.68. The molecule has 0 radical (unpaired) electrons. The summed E-state index contributed by atoms with van der Waals surface area (Å²) >= 11 is 3.18. The molecule has 0 fully saturated rings. The molecule has 1 unspecified atom stereocenters. The highest BCUT2D eigenvalue weighted by atomic mass is 79.9. The maximum atomic E-state index is 11.0. The summed E-state index contributed by atoms with van der Waals surface area (Å²) in [5.74, 6) is 0.459. The lowest BCUT2D eigenvalue weighted by Gasteiger charge is -2.08. The van der Waals surface area contributed by atoms with Crippen molar-refractivity contribution in [1.82, 2.24) is 0 Å². The Bertz CT molecular complexity index is 416. The van der Waals surface area contributed by atoms with Crippen molar-refractivity contribution in [3.8, 4) is 5.75 Å². The molecule has 0 aliphatic carbocycles. The molecule has 1 rings (SSSR count). The van der Waals surface area contributed by atoms with Crippen LogP contribution < -0.4 is 9.88 Å². The molecule has 1 atom stereocenters. The van der Waals surface area contributed by atoms with Crippen molar-refractivity contribution in [2.24, 2.45) is 5.14 Å². The van der Waals surface area contributed by atoms with Crippen molar-refractivity contribution in [2.45, 2.75) is 16.8 Å². The van der Waals surface area contributed by atoms with Gasteiger partial charge in [-0.15, -0.1) is 0 Å². The number of hydrogen-bond donors (Lipinski definition) is 1. The molecule has 4 nitrogen and oxygen atoms in total. The summed E-state index contributed by atoms with van der Waals surface area (Å²) in [6, 6.07) is 6.03. The number of ether oxygens (including phenoxy) is 1. The lowest BCUT2D eigenvalue weighted by atomic mass is 10.3. The third kappa shape index (κ3) is 3.28. The van der Waals surface area contributed by atoms with E-state index in [1.54, 1.807) is 19.1 Å². The minimum Gasteiger partial charge on any atom is -0.480 e. The molecular formula is C8H10BrNO3S. The number of sulfonamides is 1. The van der Waals surface area contributed by atoms with Crippen LogP contribution in [0.3, 0.4) is 0 Å². The number of alkyl halides is 1. The minimum atomic E-state index is -3.66. The zero-order chi connectivity index (χ0) is 10.8. The zero-order valence-electron chi connectivity index (χ0n) is 7.48. The monoisotopic (exact) mass is 279 g/mol. The Morgan fingerprint density at radius 1 is 1.50 bits per heavy atom. The molecule has 0 bridgehead atoms. The summed E-state index contributed by atoms with van der Waals surface area (Å²) in [5, 5.41) is 4.78. The number of primary sulfonamides is 1. The fourth-order valence-corrected chi connectivity index (χ4v) is 1.68. The van der Waals surface area contributed by atoms with Gasteiger partial charge in [0.05, 0.1) is 4.90 Å². The fraction of sp³-hybridized carbons (Fsp3) is 0.250. The SMILES string of the molecule is CC(Br)Oc1cccc(S(N)(=O)=O)c1. The number of halogens is 1. The lowest BCUT2D eigenvalue weighted by molar-refractivity contribution is 0.313. The Hall–Kier alpha value is -0.590. The van der Waals surface area contributed by atoms with Crippen LogP contribution in [0.5, 0.6) is 5.75 Å². The minimum absolute atomic E-state index is 0.0446. The second kappa shape index (κ2) is 4.29. The maximum absolute atomic E-state index is 11.0. The van der Waals surface area contributed by atoms with Gasteiger partial charge in [0.25, 0.3) is 0 Å². The highest BCUT2D eigenvalue weighted by Gasteiger charge is 2.08. The van der Waals surface area contributed by atoms with Crippen molar-refractivity contribution in [3.63, 3.8) is 0 Å². The van der Waals surface area contributed by atoms with E-state index in [1.807, 2.05) is 0 Å². The van der Waals surface area contributed by atoms with Gasteiger partial charge in [0, 0.05) is 6.07 Å². The summed E-state index contributed by atoms with van der Waals surface area (Å²) in [4.78, 5) is 0.0446. The predicted molar refractivity (Wildman–Crippen MR) is 56.8 cm³/mol. The van der Waals surface area contributed by atoms with E-state index in [1.165, 1.54) is 12.1 Å². The molecule has 0 saturated carbocycles. The first-order valence-electron chi connectivity index (χ1n) is 3.83. The van der Waals surface area contributed by atoms with E-state index in [4.69, 9.17) is 9.88 Å². The van der Waals surface area contributed by atoms with Gasteiger partial charge in [0.1, 0.15) is 5.75 Å². The van der Waals surface area contributed by atoms with E-state index in [0.717, 1.165) is 0 Å². The van der Waals surface area contributed by atoms with Crippen LogP contribution in [0.4, 0.5) is 0 Å².